The van der Waals surface area contributed by atoms with E-state index in [9.17, 15) is 4.79 Å². The number of piperazine rings is 1. The van der Waals surface area contributed by atoms with Gasteiger partial charge in [-0.05, 0) is 49.1 Å². The summed E-state index contributed by atoms with van der Waals surface area (Å²) >= 11 is 0. The molecule has 174 valence electrons. The standard InChI is InChI=1S/C27H33N3O3/c1-20-16-29(18-23-9-12-25(13-10-23)26-4-3-15-33-26)17-21(2)30(20)19-24-7-5-22(6-8-24)11-14-27(31)28-32/h3-10,12-13,15,20-21,32H,11,14,16-19H2,1-2H3,(H,28,31)/t20-,21+. The summed E-state index contributed by atoms with van der Waals surface area (Å²) in [5, 5.41) is 8.62. The molecule has 1 aliphatic rings. The Balaban J connectivity index is 1.30. The van der Waals surface area contributed by atoms with E-state index in [1.54, 1.807) is 11.7 Å². The van der Waals surface area contributed by atoms with Crippen LogP contribution in [0.2, 0.25) is 0 Å². The van der Waals surface area contributed by atoms with Gasteiger partial charge in [-0.3, -0.25) is 19.8 Å². The first-order valence-corrected chi connectivity index (χ1v) is 11.6. The fraction of sp³-hybridized carbons (Fsp3) is 0.370. The molecule has 0 spiro atoms. The average molecular weight is 448 g/mol. The number of nitrogens with zero attached hydrogens (tertiary/aromatic N) is 2. The average Bonchev–Trinajstić information content (AvgIpc) is 3.36. The van der Waals surface area contributed by atoms with Gasteiger partial charge in [-0.2, -0.15) is 0 Å². The van der Waals surface area contributed by atoms with E-state index in [4.69, 9.17) is 9.62 Å². The maximum atomic E-state index is 11.2. The summed E-state index contributed by atoms with van der Waals surface area (Å²) in [5.74, 6) is 0.550. The van der Waals surface area contributed by atoms with Crippen molar-refractivity contribution in [2.45, 2.75) is 51.9 Å². The monoisotopic (exact) mass is 447 g/mol. The molecule has 1 saturated heterocycles. The minimum Gasteiger partial charge on any atom is -0.464 e. The van der Waals surface area contributed by atoms with Gasteiger partial charge in [0, 0.05) is 50.2 Å². The molecule has 0 aliphatic carbocycles. The number of carbonyl (C=O) groups excluding carboxylic acids is 1. The second kappa shape index (κ2) is 10.8. The topological polar surface area (TPSA) is 69.0 Å². The zero-order chi connectivity index (χ0) is 23.2. The number of furan rings is 1. The summed E-state index contributed by atoms with van der Waals surface area (Å²) in [7, 11) is 0. The van der Waals surface area contributed by atoms with Crippen LogP contribution in [0.4, 0.5) is 0 Å². The zero-order valence-corrected chi connectivity index (χ0v) is 19.4. The molecule has 0 unspecified atom stereocenters. The number of hydrogen-bond donors (Lipinski definition) is 2. The van der Waals surface area contributed by atoms with Crippen LogP contribution in [0.3, 0.4) is 0 Å². The largest absolute Gasteiger partial charge is 0.464 e. The van der Waals surface area contributed by atoms with Crippen LogP contribution in [0.25, 0.3) is 11.3 Å². The van der Waals surface area contributed by atoms with Gasteiger partial charge in [0.2, 0.25) is 5.91 Å². The minimum absolute atomic E-state index is 0.289. The van der Waals surface area contributed by atoms with E-state index in [2.05, 4.69) is 72.2 Å². The Morgan fingerprint density at radius 1 is 0.939 bits per heavy atom. The molecule has 1 aromatic heterocycles. The van der Waals surface area contributed by atoms with Crippen LogP contribution in [0, 0.1) is 0 Å². The molecule has 1 amide bonds. The molecule has 6 nitrogen and oxygen atoms in total. The third kappa shape index (κ3) is 6.11. The van der Waals surface area contributed by atoms with Gasteiger partial charge in [0.05, 0.1) is 6.26 Å². The van der Waals surface area contributed by atoms with Crippen LogP contribution in [-0.4, -0.2) is 46.1 Å². The van der Waals surface area contributed by atoms with Crippen molar-refractivity contribution in [3.8, 4) is 11.3 Å². The number of carbonyl (C=O) groups is 1. The van der Waals surface area contributed by atoms with Crippen molar-refractivity contribution in [2.24, 2.45) is 0 Å². The summed E-state index contributed by atoms with van der Waals surface area (Å²) in [5.41, 5.74) is 6.50. The lowest BCUT2D eigenvalue weighted by atomic mass is 10.0. The second-order valence-corrected chi connectivity index (χ2v) is 9.09. The summed E-state index contributed by atoms with van der Waals surface area (Å²) in [6.45, 7) is 8.58. The van der Waals surface area contributed by atoms with Gasteiger partial charge < -0.3 is 4.42 Å². The van der Waals surface area contributed by atoms with Gasteiger partial charge in [0.15, 0.2) is 0 Å². The highest BCUT2D eigenvalue weighted by atomic mass is 16.5. The summed E-state index contributed by atoms with van der Waals surface area (Å²) in [6.07, 6.45) is 2.62. The van der Waals surface area contributed by atoms with E-state index in [1.165, 1.54) is 11.1 Å². The molecule has 2 heterocycles. The van der Waals surface area contributed by atoms with Gasteiger partial charge >= 0.3 is 0 Å². The molecule has 1 aliphatic heterocycles. The molecule has 2 atom stereocenters. The van der Waals surface area contributed by atoms with Crippen molar-refractivity contribution in [3.05, 3.63) is 83.6 Å². The summed E-state index contributed by atoms with van der Waals surface area (Å²) < 4.78 is 5.49. The van der Waals surface area contributed by atoms with E-state index in [0.717, 1.165) is 43.1 Å². The fourth-order valence-corrected chi connectivity index (χ4v) is 4.72. The van der Waals surface area contributed by atoms with Crippen LogP contribution < -0.4 is 5.48 Å². The predicted molar refractivity (Wildman–Crippen MR) is 129 cm³/mol. The third-order valence-electron chi connectivity index (χ3n) is 6.50. The maximum absolute atomic E-state index is 11.2. The number of amides is 1. The molecule has 2 aromatic carbocycles. The van der Waals surface area contributed by atoms with Gasteiger partial charge in [0.1, 0.15) is 5.76 Å². The van der Waals surface area contributed by atoms with Crippen LogP contribution in [0.15, 0.2) is 71.3 Å². The SMILES string of the molecule is C[C@@H]1CN(Cc2ccc(-c3ccco3)cc2)C[C@H](C)N1Cc1ccc(CCC(=O)NO)cc1. The maximum Gasteiger partial charge on any atom is 0.243 e. The van der Waals surface area contributed by atoms with E-state index in [1.807, 2.05) is 12.1 Å². The number of aryl methyl sites for hydroxylation is 1. The fourth-order valence-electron chi connectivity index (χ4n) is 4.72. The molecule has 1 fully saturated rings. The Morgan fingerprint density at radius 2 is 1.55 bits per heavy atom. The van der Waals surface area contributed by atoms with Crippen molar-refractivity contribution >= 4 is 5.91 Å². The molecule has 2 N–H and O–H groups in total. The first kappa shape index (κ1) is 23.2. The Morgan fingerprint density at radius 3 is 2.15 bits per heavy atom. The van der Waals surface area contributed by atoms with Crippen molar-refractivity contribution < 1.29 is 14.4 Å². The van der Waals surface area contributed by atoms with Crippen molar-refractivity contribution in [2.75, 3.05) is 13.1 Å². The molecule has 0 radical (unpaired) electrons. The first-order valence-electron chi connectivity index (χ1n) is 11.6. The molecular weight excluding hydrogens is 414 g/mol. The molecule has 3 aromatic rings. The zero-order valence-electron chi connectivity index (χ0n) is 19.4. The molecule has 0 bridgehead atoms. The molecular formula is C27H33N3O3. The normalized spacial score (nSPS) is 19.5. The lowest BCUT2D eigenvalue weighted by Crippen LogP contribution is -2.55. The molecule has 4 rings (SSSR count). The Kier molecular flexibility index (Phi) is 7.60. The Labute approximate surface area is 195 Å². The quantitative estimate of drug-likeness (QED) is 0.394. The van der Waals surface area contributed by atoms with Gasteiger partial charge in [-0.15, -0.1) is 0 Å². The van der Waals surface area contributed by atoms with E-state index in [0.29, 0.717) is 18.5 Å². The predicted octanol–water partition coefficient (Wildman–Crippen LogP) is 4.48. The van der Waals surface area contributed by atoms with Gasteiger partial charge in [-0.25, -0.2) is 5.48 Å². The minimum atomic E-state index is -0.354. The number of rotatable bonds is 8. The van der Waals surface area contributed by atoms with Crippen molar-refractivity contribution in [3.63, 3.8) is 0 Å². The highest BCUT2D eigenvalue weighted by Crippen LogP contribution is 2.23. The van der Waals surface area contributed by atoms with E-state index < -0.39 is 0 Å². The number of hydroxylamine groups is 1. The van der Waals surface area contributed by atoms with Gasteiger partial charge in [0.25, 0.3) is 0 Å². The number of hydrogen-bond acceptors (Lipinski definition) is 5. The van der Waals surface area contributed by atoms with E-state index >= 15 is 0 Å². The molecule has 0 saturated carbocycles. The van der Waals surface area contributed by atoms with Crippen molar-refractivity contribution in [1.82, 2.24) is 15.3 Å². The lowest BCUT2D eigenvalue weighted by Gasteiger charge is -2.44. The summed E-state index contributed by atoms with van der Waals surface area (Å²) in [6, 6.07) is 22.0. The van der Waals surface area contributed by atoms with Gasteiger partial charge in [-0.1, -0.05) is 48.5 Å². The Hall–Kier alpha value is -2.93. The van der Waals surface area contributed by atoms with Crippen LogP contribution >= 0.6 is 0 Å². The molecule has 6 heteroatoms. The number of benzene rings is 2. The van der Waals surface area contributed by atoms with Crippen LogP contribution in [0.5, 0.6) is 0 Å². The smallest absolute Gasteiger partial charge is 0.243 e. The van der Waals surface area contributed by atoms with Crippen LogP contribution in [-0.2, 0) is 24.3 Å². The van der Waals surface area contributed by atoms with Crippen molar-refractivity contribution in [1.29, 1.82) is 0 Å². The highest BCUT2D eigenvalue weighted by Gasteiger charge is 2.29. The van der Waals surface area contributed by atoms with E-state index in [-0.39, 0.29) is 12.3 Å². The third-order valence-corrected chi connectivity index (χ3v) is 6.50. The highest BCUT2D eigenvalue weighted by molar-refractivity contribution is 5.74. The molecule has 33 heavy (non-hydrogen) atoms. The lowest BCUT2D eigenvalue weighted by molar-refractivity contribution is -0.129. The Bertz CT molecular complexity index is 1000. The first-order chi connectivity index (χ1) is 16.0. The number of nitrogens with one attached hydrogen (secondary N) is 1. The second-order valence-electron chi connectivity index (χ2n) is 9.09. The van der Waals surface area contributed by atoms with Crippen LogP contribution in [0.1, 0.15) is 37.0 Å². The summed E-state index contributed by atoms with van der Waals surface area (Å²) in [4.78, 5) is 16.3.